The quantitative estimate of drug-likeness (QED) is 0.367. The van der Waals surface area contributed by atoms with Crippen molar-refractivity contribution in [2.24, 2.45) is 0 Å². The first kappa shape index (κ1) is 4.32. The van der Waals surface area contributed by atoms with Crippen LogP contribution in [0.1, 0.15) is 0 Å². The van der Waals surface area contributed by atoms with E-state index in [9.17, 15) is 0 Å². The lowest BCUT2D eigenvalue weighted by Crippen LogP contribution is -2.48. The fourth-order valence-electron chi connectivity index (χ4n) is 4.58. The third-order valence-corrected chi connectivity index (χ3v) is 4.74. The Morgan fingerprint density at radius 2 is 0.833 bits per heavy atom. The molecule has 0 aromatic carbocycles. The van der Waals surface area contributed by atoms with Crippen molar-refractivity contribution in [3.8, 4) is 0 Å². The Morgan fingerprint density at radius 3 is 1.17 bits per heavy atom. The number of nitrogens with zero attached hydrogens (tertiary/aromatic N) is 6. The SMILES string of the molecule is C12N3[C@H]4[C@@H]5N6C7N4N7[C@H]3[C@@H]6N1N25. The van der Waals surface area contributed by atoms with Crippen LogP contribution in [0.3, 0.4) is 0 Å². The Labute approximate surface area is 68.0 Å². The second-order valence-corrected chi connectivity index (χ2v) is 4.76. The van der Waals surface area contributed by atoms with E-state index < -0.39 is 0 Å². The van der Waals surface area contributed by atoms with Crippen LogP contribution in [0.4, 0.5) is 0 Å². The molecule has 8 fully saturated rings. The zero-order chi connectivity index (χ0) is 6.93. The summed E-state index contributed by atoms with van der Waals surface area (Å²) in [5, 5.41) is 10.3. The monoisotopic (exact) mass is 162 g/mol. The third-order valence-electron chi connectivity index (χ3n) is 4.74. The van der Waals surface area contributed by atoms with Crippen LogP contribution in [-0.4, -0.2) is 67.1 Å². The zero-order valence-electron chi connectivity index (χ0n) is 6.15. The lowest BCUT2D eigenvalue weighted by Gasteiger charge is -2.25. The van der Waals surface area contributed by atoms with Gasteiger partial charge >= 0.3 is 0 Å². The third kappa shape index (κ3) is 0.163. The highest BCUT2D eigenvalue weighted by Gasteiger charge is 2.98. The average molecular weight is 162 g/mol. The minimum absolute atomic E-state index is 0.708. The van der Waals surface area contributed by atoms with E-state index in [0.717, 1.165) is 24.7 Å². The molecule has 12 heavy (non-hydrogen) atoms. The van der Waals surface area contributed by atoms with E-state index in [1.807, 2.05) is 0 Å². The van der Waals surface area contributed by atoms with Gasteiger partial charge in [-0.15, -0.1) is 0 Å². The number of hydrogen-bond donors (Lipinski definition) is 0. The molecule has 0 aliphatic carbocycles. The Balaban J connectivity index is 1.81. The van der Waals surface area contributed by atoms with Gasteiger partial charge in [0, 0.05) is 0 Å². The molecule has 10 atom stereocenters. The van der Waals surface area contributed by atoms with Gasteiger partial charge in [0.1, 0.15) is 24.7 Å². The van der Waals surface area contributed by atoms with E-state index in [2.05, 4.69) is 29.8 Å². The summed E-state index contributed by atoms with van der Waals surface area (Å²) in [4.78, 5) is 5.38. The Morgan fingerprint density at radius 1 is 0.500 bits per heavy atom. The second-order valence-electron chi connectivity index (χ2n) is 4.76. The van der Waals surface area contributed by atoms with Crippen LogP contribution in [0.5, 0.6) is 0 Å². The lowest BCUT2D eigenvalue weighted by atomic mass is 10.3. The van der Waals surface area contributed by atoms with Gasteiger partial charge in [0.05, 0.1) is 0 Å². The van der Waals surface area contributed by atoms with Gasteiger partial charge in [-0.2, -0.15) is 20.0 Å². The van der Waals surface area contributed by atoms with Gasteiger partial charge in [-0.05, 0) is 0 Å². The number of rotatable bonds is 0. The first-order valence-electron chi connectivity index (χ1n) is 4.68. The van der Waals surface area contributed by atoms with Gasteiger partial charge in [-0.25, -0.2) is 9.80 Å². The maximum absolute atomic E-state index is 2.69. The van der Waals surface area contributed by atoms with Gasteiger partial charge in [0.25, 0.3) is 0 Å². The molecule has 6 heteroatoms. The fourth-order valence-corrected chi connectivity index (χ4v) is 4.58. The molecule has 60 valence electrons. The van der Waals surface area contributed by atoms with Crippen LogP contribution in [0.15, 0.2) is 0 Å². The highest BCUT2D eigenvalue weighted by Crippen LogP contribution is 2.75. The van der Waals surface area contributed by atoms with Crippen molar-refractivity contribution in [2.75, 3.05) is 0 Å². The summed E-state index contributed by atoms with van der Waals surface area (Å²) in [6, 6.07) is 0. The molecule has 0 aromatic heterocycles. The predicted octanol–water partition coefficient (Wildman–Crippen LogP) is -2.40. The second kappa shape index (κ2) is 0.802. The van der Waals surface area contributed by atoms with E-state index in [-0.39, 0.29) is 0 Å². The number of hydrogen-bond acceptors (Lipinski definition) is 6. The van der Waals surface area contributed by atoms with Gasteiger partial charge in [-0.3, -0.25) is 0 Å². The molecular weight excluding hydrogens is 156 g/mol. The smallest absolute Gasteiger partial charge is 0.151 e. The molecule has 0 amide bonds. The first-order chi connectivity index (χ1) is 6.00. The molecule has 8 aliphatic heterocycles. The van der Waals surface area contributed by atoms with E-state index in [1.54, 1.807) is 0 Å². The molecule has 0 N–H and O–H groups in total. The van der Waals surface area contributed by atoms with Crippen LogP contribution in [0, 0.1) is 0 Å². The topological polar surface area (TPSA) is 18.5 Å². The van der Waals surface area contributed by atoms with Crippen LogP contribution >= 0.6 is 0 Å². The van der Waals surface area contributed by atoms with E-state index in [0.29, 0.717) is 12.6 Å². The van der Waals surface area contributed by atoms with Crippen LogP contribution < -0.4 is 0 Å². The first-order valence-corrected chi connectivity index (χ1v) is 4.68. The average Bonchev–Trinajstić information content (AvgIpc) is 2.51. The molecule has 0 bridgehead atoms. The molecule has 0 saturated carbocycles. The van der Waals surface area contributed by atoms with Crippen molar-refractivity contribution < 1.29 is 0 Å². The van der Waals surface area contributed by atoms with E-state index in [1.165, 1.54) is 0 Å². The largest absolute Gasteiger partial charge is 0.233 e. The minimum Gasteiger partial charge on any atom is -0.233 e. The summed E-state index contributed by atoms with van der Waals surface area (Å²) in [6.07, 6.45) is 4.36. The summed E-state index contributed by atoms with van der Waals surface area (Å²) in [7, 11) is 0. The summed E-state index contributed by atoms with van der Waals surface area (Å²) >= 11 is 0. The molecule has 8 rings (SSSR count). The van der Waals surface area contributed by atoms with Crippen LogP contribution in [0.2, 0.25) is 0 Å². The summed E-state index contributed by atoms with van der Waals surface area (Å²) in [6.45, 7) is 0. The molecule has 6 unspecified atom stereocenters. The summed E-state index contributed by atoms with van der Waals surface area (Å²) < 4.78 is 0. The molecular formula is C6H6N6. The maximum Gasteiger partial charge on any atom is 0.151 e. The summed E-state index contributed by atoms with van der Waals surface area (Å²) in [5.41, 5.74) is 0. The van der Waals surface area contributed by atoms with Crippen LogP contribution in [0.25, 0.3) is 0 Å². The molecule has 0 aromatic rings. The van der Waals surface area contributed by atoms with Crippen molar-refractivity contribution in [3.05, 3.63) is 0 Å². The standard InChI is InChI=1S/C6H6N6/c1-2-8-4-3(11-6(8)9(1)11)7(1)5-10(2)12(4)5/h1-6H/t1-,2-,3+,4+,5?,6?,9?,10?,11?,12?. The Kier molecular flexibility index (Phi) is 0.288. The highest BCUT2D eigenvalue weighted by molar-refractivity contribution is 5.34. The van der Waals surface area contributed by atoms with E-state index in [4.69, 9.17) is 0 Å². The lowest BCUT2D eigenvalue weighted by molar-refractivity contribution is 0.126. The fraction of sp³-hybridized carbons (Fsp3) is 1.00. The normalized spacial score (nSPS) is 99.0. The van der Waals surface area contributed by atoms with Gasteiger partial charge in [-0.1, -0.05) is 0 Å². The van der Waals surface area contributed by atoms with Crippen molar-refractivity contribution in [3.63, 3.8) is 0 Å². The number of piperazine rings is 1. The van der Waals surface area contributed by atoms with Crippen LogP contribution in [-0.2, 0) is 0 Å². The maximum atomic E-state index is 2.69. The van der Waals surface area contributed by atoms with Crippen molar-refractivity contribution in [2.45, 2.75) is 37.2 Å². The van der Waals surface area contributed by atoms with Crippen molar-refractivity contribution in [1.82, 2.24) is 29.8 Å². The Hall–Kier alpha value is -0.240. The predicted molar refractivity (Wildman–Crippen MR) is 33.8 cm³/mol. The van der Waals surface area contributed by atoms with E-state index >= 15 is 0 Å². The molecule has 8 saturated heterocycles. The molecule has 8 heterocycles. The Bertz CT molecular complexity index is 267. The zero-order valence-corrected chi connectivity index (χ0v) is 6.15. The van der Waals surface area contributed by atoms with Crippen molar-refractivity contribution in [1.29, 1.82) is 0 Å². The van der Waals surface area contributed by atoms with Gasteiger partial charge in [0.2, 0.25) is 0 Å². The number of hydrazine groups is 2. The molecule has 6 nitrogen and oxygen atoms in total. The van der Waals surface area contributed by atoms with Crippen molar-refractivity contribution >= 4 is 0 Å². The van der Waals surface area contributed by atoms with Gasteiger partial charge < -0.3 is 0 Å². The molecule has 0 radical (unpaired) electrons. The highest BCUT2D eigenvalue weighted by atomic mass is 16.2. The molecule has 0 spiro atoms. The molecule has 8 aliphatic rings. The minimum atomic E-state index is 0.708. The van der Waals surface area contributed by atoms with Gasteiger partial charge in [0.15, 0.2) is 12.6 Å². The summed E-state index contributed by atoms with van der Waals surface area (Å²) in [5.74, 6) is 0.